The number of benzene rings is 2. The fourth-order valence-electron chi connectivity index (χ4n) is 3.91. The van der Waals surface area contributed by atoms with E-state index in [1.165, 1.54) is 9.80 Å². The van der Waals surface area contributed by atoms with Crippen LogP contribution in [0.5, 0.6) is 0 Å². The molecule has 0 saturated carbocycles. The van der Waals surface area contributed by atoms with Gasteiger partial charge in [-0.1, -0.05) is 49.4 Å². The van der Waals surface area contributed by atoms with Crippen molar-refractivity contribution in [1.82, 2.24) is 9.80 Å². The Kier molecular flexibility index (Phi) is 5.35. The number of nitrogens with zero attached hydrogens (tertiary/aromatic N) is 2. The Morgan fingerprint density at radius 1 is 0.967 bits per heavy atom. The lowest BCUT2D eigenvalue weighted by molar-refractivity contribution is -0.128. The molecule has 30 heavy (non-hydrogen) atoms. The van der Waals surface area contributed by atoms with Gasteiger partial charge in [-0.15, -0.1) is 0 Å². The third-order valence-corrected chi connectivity index (χ3v) is 5.78. The summed E-state index contributed by atoms with van der Waals surface area (Å²) in [7, 11) is 0. The maximum atomic E-state index is 12.7. The van der Waals surface area contributed by atoms with Crippen LogP contribution in [0.25, 0.3) is 0 Å². The molecule has 0 N–H and O–H groups in total. The Bertz CT molecular complexity index is 969. The number of Topliss-reactive ketones (excluding diaryl/α,β-unsaturated/α-hetero) is 1. The van der Waals surface area contributed by atoms with Crippen LogP contribution in [0.1, 0.15) is 33.2 Å². The Balaban J connectivity index is 1.43. The van der Waals surface area contributed by atoms with Gasteiger partial charge < -0.3 is 9.64 Å². The summed E-state index contributed by atoms with van der Waals surface area (Å²) in [5, 5.41) is 0. The molecule has 7 heteroatoms. The maximum absolute atomic E-state index is 12.7. The number of piperidine rings is 1. The highest BCUT2D eigenvalue weighted by atomic mass is 16.6. The first-order chi connectivity index (χ1) is 14.5. The summed E-state index contributed by atoms with van der Waals surface area (Å²) in [6.07, 6.45) is -0.577. The second-order valence-corrected chi connectivity index (χ2v) is 7.70. The molecule has 2 unspecified atom stereocenters. The van der Waals surface area contributed by atoms with Crippen molar-refractivity contribution >= 4 is 23.7 Å². The quantitative estimate of drug-likeness (QED) is 0.729. The molecule has 1 fully saturated rings. The van der Waals surface area contributed by atoms with Crippen molar-refractivity contribution in [3.05, 3.63) is 71.3 Å². The number of likely N-dealkylation sites (tertiary alicyclic amines) is 1. The number of carbonyl (C=O) groups is 4. The van der Waals surface area contributed by atoms with Gasteiger partial charge in [-0.3, -0.25) is 19.3 Å². The zero-order chi connectivity index (χ0) is 21.3. The number of hydrogen-bond donors (Lipinski definition) is 0. The van der Waals surface area contributed by atoms with Crippen LogP contribution in [0.15, 0.2) is 54.6 Å². The number of amides is 3. The molecule has 2 aliphatic heterocycles. The first kappa shape index (κ1) is 19.8. The molecule has 7 nitrogen and oxygen atoms in total. The highest BCUT2D eigenvalue weighted by Gasteiger charge is 2.41. The molecule has 154 valence electrons. The summed E-state index contributed by atoms with van der Waals surface area (Å²) in [5.74, 6) is -1.55. The lowest BCUT2D eigenvalue weighted by atomic mass is 9.85. The Morgan fingerprint density at radius 3 is 2.20 bits per heavy atom. The molecule has 2 aliphatic rings. The van der Waals surface area contributed by atoms with Crippen LogP contribution in [0, 0.1) is 11.8 Å². The average molecular weight is 406 g/mol. The van der Waals surface area contributed by atoms with Gasteiger partial charge in [0, 0.05) is 24.9 Å². The molecule has 2 atom stereocenters. The largest absolute Gasteiger partial charge is 0.445 e. The minimum absolute atomic E-state index is 0.0343. The van der Waals surface area contributed by atoms with E-state index < -0.39 is 6.09 Å². The van der Waals surface area contributed by atoms with Crippen LogP contribution >= 0.6 is 0 Å². The van der Waals surface area contributed by atoms with Crippen molar-refractivity contribution in [2.24, 2.45) is 11.8 Å². The number of rotatable bonds is 4. The van der Waals surface area contributed by atoms with Gasteiger partial charge in [-0.2, -0.15) is 0 Å². The van der Waals surface area contributed by atoms with Gasteiger partial charge in [0.05, 0.1) is 17.7 Å². The van der Waals surface area contributed by atoms with Gasteiger partial charge >= 0.3 is 6.09 Å². The number of carbonyl (C=O) groups excluding carboxylic acids is 4. The highest BCUT2D eigenvalue weighted by molar-refractivity contribution is 6.21. The van der Waals surface area contributed by atoms with E-state index in [1.54, 1.807) is 31.2 Å². The maximum Gasteiger partial charge on any atom is 0.410 e. The predicted molar refractivity (Wildman–Crippen MR) is 108 cm³/mol. The van der Waals surface area contributed by atoms with Gasteiger partial charge in [-0.05, 0) is 17.7 Å². The smallest absolute Gasteiger partial charge is 0.410 e. The third-order valence-electron chi connectivity index (χ3n) is 5.78. The zero-order valence-corrected chi connectivity index (χ0v) is 16.6. The van der Waals surface area contributed by atoms with Crippen LogP contribution in [0.3, 0.4) is 0 Å². The van der Waals surface area contributed by atoms with E-state index in [-0.39, 0.29) is 55.7 Å². The summed E-state index contributed by atoms with van der Waals surface area (Å²) in [4.78, 5) is 52.9. The topological polar surface area (TPSA) is 84.0 Å². The standard InChI is InChI=1S/C23H22N2O5/c1-15-17(12-25-21(27)18-9-5-6-10-19(18)22(25)28)11-24(13-20(15)26)23(29)30-14-16-7-3-2-4-8-16/h2-10,15,17H,11-14H2,1H3. The second kappa shape index (κ2) is 8.10. The lowest BCUT2D eigenvalue weighted by Gasteiger charge is -2.36. The molecule has 0 aliphatic carbocycles. The SMILES string of the molecule is CC1C(=O)CN(C(=O)OCc2ccccc2)CC1CN1C(=O)c2ccccc2C1=O. The van der Waals surface area contributed by atoms with Crippen molar-refractivity contribution in [2.75, 3.05) is 19.6 Å². The van der Waals surface area contributed by atoms with E-state index in [2.05, 4.69) is 0 Å². The minimum Gasteiger partial charge on any atom is -0.445 e. The van der Waals surface area contributed by atoms with E-state index in [9.17, 15) is 19.2 Å². The molecule has 0 radical (unpaired) electrons. The molecule has 1 saturated heterocycles. The average Bonchev–Trinajstić information content (AvgIpc) is 3.00. The third kappa shape index (κ3) is 3.70. The summed E-state index contributed by atoms with van der Waals surface area (Å²) < 4.78 is 5.35. The zero-order valence-electron chi connectivity index (χ0n) is 16.6. The molecule has 2 aromatic carbocycles. The monoisotopic (exact) mass is 406 g/mol. The second-order valence-electron chi connectivity index (χ2n) is 7.70. The van der Waals surface area contributed by atoms with Crippen LogP contribution in [-0.4, -0.2) is 53.1 Å². The van der Waals surface area contributed by atoms with E-state index in [4.69, 9.17) is 4.74 Å². The Hall–Kier alpha value is -3.48. The summed E-state index contributed by atoms with van der Waals surface area (Å²) in [5.41, 5.74) is 1.60. The molecule has 3 amide bonds. The molecule has 2 heterocycles. The van der Waals surface area contributed by atoms with Crippen LogP contribution in [-0.2, 0) is 16.1 Å². The molecular weight excluding hydrogens is 384 g/mol. The molecular formula is C23H22N2O5. The number of fused-ring (bicyclic) bond motifs is 1. The number of ether oxygens (including phenoxy) is 1. The van der Waals surface area contributed by atoms with Crippen molar-refractivity contribution in [2.45, 2.75) is 13.5 Å². The first-order valence-electron chi connectivity index (χ1n) is 9.89. The first-order valence-corrected chi connectivity index (χ1v) is 9.89. The van der Waals surface area contributed by atoms with Crippen molar-refractivity contribution < 1.29 is 23.9 Å². The molecule has 0 bridgehead atoms. The van der Waals surface area contributed by atoms with Crippen LogP contribution in [0.2, 0.25) is 0 Å². The minimum atomic E-state index is -0.577. The predicted octanol–water partition coefficient (Wildman–Crippen LogP) is 2.76. The fraction of sp³-hybridized carbons (Fsp3) is 0.304. The Labute approximate surface area is 174 Å². The van der Waals surface area contributed by atoms with Gasteiger partial charge in [0.25, 0.3) is 11.8 Å². The molecule has 0 aromatic heterocycles. The van der Waals surface area contributed by atoms with Gasteiger partial charge in [0.15, 0.2) is 5.78 Å². The summed E-state index contributed by atoms with van der Waals surface area (Å²) >= 11 is 0. The van der Waals surface area contributed by atoms with E-state index in [1.807, 2.05) is 30.3 Å². The van der Waals surface area contributed by atoms with Crippen molar-refractivity contribution in [3.8, 4) is 0 Å². The van der Waals surface area contributed by atoms with E-state index in [0.717, 1.165) is 5.56 Å². The molecule has 2 aromatic rings. The van der Waals surface area contributed by atoms with E-state index in [0.29, 0.717) is 11.1 Å². The van der Waals surface area contributed by atoms with Gasteiger partial charge in [-0.25, -0.2) is 4.79 Å². The van der Waals surface area contributed by atoms with E-state index >= 15 is 0 Å². The van der Waals surface area contributed by atoms with Crippen LogP contribution in [0.4, 0.5) is 4.79 Å². The van der Waals surface area contributed by atoms with Gasteiger partial charge in [0.2, 0.25) is 0 Å². The fourth-order valence-corrected chi connectivity index (χ4v) is 3.91. The normalized spacial score (nSPS) is 21.0. The highest BCUT2D eigenvalue weighted by Crippen LogP contribution is 2.28. The molecule has 0 spiro atoms. The lowest BCUT2D eigenvalue weighted by Crippen LogP contribution is -2.52. The van der Waals surface area contributed by atoms with Crippen molar-refractivity contribution in [1.29, 1.82) is 0 Å². The molecule has 4 rings (SSSR count). The van der Waals surface area contributed by atoms with Crippen LogP contribution < -0.4 is 0 Å². The van der Waals surface area contributed by atoms with Crippen molar-refractivity contribution in [3.63, 3.8) is 0 Å². The van der Waals surface area contributed by atoms with Gasteiger partial charge in [0.1, 0.15) is 6.61 Å². The number of hydrogen-bond acceptors (Lipinski definition) is 5. The summed E-state index contributed by atoms with van der Waals surface area (Å²) in [6, 6.07) is 16.0. The Morgan fingerprint density at radius 2 is 1.57 bits per heavy atom. The number of ketones is 1. The summed E-state index contributed by atoms with van der Waals surface area (Å²) in [6.45, 7) is 2.18. The number of imide groups is 1.